The summed E-state index contributed by atoms with van der Waals surface area (Å²) in [6, 6.07) is 6.30. The van der Waals surface area contributed by atoms with E-state index in [1.54, 1.807) is 33.0 Å². The molecule has 0 aliphatic carbocycles. The maximum atomic E-state index is 13.6. The van der Waals surface area contributed by atoms with Crippen LogP contribution >= 0.6 is 0 Å². The van der Waals surface area contributed by atoms with Gasteiger partial charge in [0.05, 0.1) is 0 Å². The third-order valence-electron chi connectivity index (χ3n) is 2.26. The normalized spacial score (nSPS) is 11.9. The Hall–Kier alpha value is -1.12. The molecule has 0 amide bonds. The minimum atomic E-state index is -2.72. The maximum Gasteiger partial charge on any atom is 0.273 e. The summed E-state index contributed by atoms with van der Waals surface area (Å²) in [7, 11) is 1.77. The van der Waals surface area contributed by atoms with Gasteiger partial charge in [0, 0.05) is 24.7 Å². The van der Waals surface area contributed by atoms with Crippen molar-refractivity contribution >= 4 is 5.69 Å². The molecule has 0 aliphatic heterocycles. The van der Waals surface area contributed by atoms with Crippen molar-refractivity contribution in [1.82, 2.24) is 0 Å². The van der Waals surface area contributed by atoms with Gasteiger partial charge >= 0.3 is 0 Å². The smallest absolute Gasteiger partial charge is 0.273 e. The Morgan fingerprint density at radius 3 is 2.13 bits per heavy atom. The summed E-state index contributed by atoms with van der Waals surface area (Å²) in [6.07, 6.45) is -0.105. The average molecular weight is 213 g/mol. The molecule has 0 saturated heterocycles. The first-order valence-corrected chi connectivity index (χ1v) is 5.12. The lowest BCUT2D eigenvalue weighted by molar-refractivity contribution is -0.0249. The van der Waals surface area contributed by atoms with E-state index in [-0.39, 0.29) is 17.9 Å². The van der Waals surface area contributed by atoms with E-state index in [2.05, 4.69) is 5.32 Å². The van der Waals surface area contributed by atoms with Gasteiger partial charge in [-0.1, -0.05) is 26.0 Å². The van der Waals surface area contributed by atoms with E-state index in [9.17, 15) is 8.78 Å². The molecule has 0 unspecified atom stereocenters. The monoisotopic (exact) mass is 213 g/mol. The minimum absolute atomic E-state index is 0.0102. The Balaban J connectivity index is 2.85. The first kappa shape index (κ1) is 12.0. The van der Waals surface area contributed by atoms with Gasteiger partial charge in [-0.15, -0.1) is 0 Å². The van der Waals surface area contributed by atoms with Crippen molar-refractivity contribution in [3.63, 3.8) is 0 Å². The zero-order valence-corrected chi connectivity index (χ0v) is 9.35. The molecule has 0 atom stereocenters. The standard InChI is InChI=1S/C12H17F2N/c1-9(2)8-12(13,14)10-4-6-11(15-3)7-5-10/h4-7,9,15H,8H2,1-3H3. The first-order chi connectivity index (χ1) is 6.95. The number of hydrogen-bond donors (Lipinski definition) is 1. The zero-order valence-electron chi connectivity index (χ0n) is 9.35. The Morgan fingerprint density at radius 1 is 1.20 bits per heavy atom. The predicted molar refractivity (Wildman–Crippen MR) is 59.3 cm³/mol. The molecule has 1 nitrogen and oxygen atoms in total. The van der Waals surface area contributed by atoms with E-state index in [0.29, 0.717) is 0 Å². The van der Waals surface area contributed by atoms with E-state index >= 15 is 0 Å². The van der Waals surface area contributed by atoms with Crippen LogP contribution in [0, 0.1) is 5.92 Å². The van der Waals surface area contributed by atoms with Gasteiger partial charge in [0.25, 0.3) is 5.92 Å². The molecular formula is C12H17F2N. The lowest BCUT2D eigenvalue weighted by atomic mass is 9.98. The number of alkyl halides is 2. The fourth-order valence-electron chi connectivity index (χ4n) is 1.51. The molecule has 1 rings (SSSR count). The molecule has 1 aromatic rings. The zero-order chi connectivity index (χ0) is 11.5. The second-order valence-electron chi connectivity index (χ2n) is 4.13. The number of benzene rings is 1. The van der Waals surface area contributed by atoms with Crippen molar-refractivity contribution < 1.29 is 8.78 Å². The van der Waals surface area contributed by atoms with Gasteiger partial charge < -0.3 is 5.32 Å². The molecule has 0 radical (unpaired) electrons. The SMILES string of the molecule is CNc1ccc(C(F)(F)CC(C)C)cc1. The summed E-state index contributed by atoms with van der Waals surface area (Å²) in [4.78, 5) is 0. The van der Waals surface area contributed by atoms with E-state index in [1.165, 1.54) is 12.1 Å². The van der Waals surface area contributed by atoms with Crippen LogP contribution in [-0.2, 0) is 5.92 Å². The van der Waals surface area contributed by atoms with Crippen molar-refractivity contribution in [2.24, 2.45) is 5.92 Å². The number of halogens is 2. The molecule has 84 valence electrons. The van der Waals surface area contributed by atoms with Crippen LogP contribution in [0.15, 0.2) is 24.3 Å². The van der Waals surface area contributed by atoms with Gasteiger partial charge in [-0.2, -0.15) is 0 Å². The molecule has 0 saturated carbocycles. The van der Waals surface area contributed by atoms with Crippen LogP contribution in [0.4, 0.5) is 14.5 Å². The highest BCUT2D eigenvalue weighted by molar-refractivity contribution is 5.44. The molecule has 0 aromatic heterocycles. The fraction of sp³-hybridized carbons (Fsp3) is 0.500. The Morgan fingerprint density at radius 2 is 1.73 bits per heavy atom. The summed E-state index contributed by atoms with van der Waals surface area (Å²) in [5.74, 6) is -2.73. The lowest BCUT2D eigenvalue weighted by Gasteiger charge is -2.19. The third kappa shape index (κ3) is 3.18. The maximum absolute atomic E-state index is 13.6. The highest BCUT2D eigenvalue weighted by atomic mass is 19.3. The van der Waals surface area contributed by atoms with Crippen LogP contribution in [-0.4, -0.2) is 7.05 Å². The molecule has 0 aliphatic rings. The molecular weight excluding hydrogens is 196 g/mol. The Bertz CT molecular complexity index is 304. The van der Waals surface area contributed by atoms with Crippen LogP contribution in [0.25, 0.3) is 0 Å². The van der Waals surface area contributed by atoms with Crippen LogP contribution in [0.2, 0.25) is 0 Å². The first-order valence-electron chi connectivity index (χ1n) is 5.12. The lowest BCUT2D eigenvalue weighted by Crippen LogP contribution is -2.16. The summed E-state index contributed by atoms with van der Waals surface area (Å²) in [6.45, 7) is 3.60. The van der Waals surface area contributed by atoms with Crippen LogP contribution < -0.4 is 5.32 Å². The van der Waals surface area contributed by atoms with Gasteiger partial charge in [-0.25, -0.2) is 8.78 Å². The number of hydrogen-bond acceptors (Lipinski definition) is 1. The van der Waals surface area contributed by atoms with Crippen molar-refractivity contribution in [3.05, 3.63) is 29.8 Å². The second-order valence-corrected chi connectivity index (χ2v) is 4.13. The average Bonchev–Trinajstić information content (AvgIpc) is 2.16. The van der Waals surface area contributed by atoms with Crippen molar-refractivity contribution in [2.45, 2.75) is 26.2 Å². The summed E-state index contributed by atoms with van der Waals surface area (Å²) < 4.78 is 27.2. The van der Waals surface area contributed by atoms with E-state index in [0.717, 1.165) is 5.69 Å². The van der Waals surface area contributed by atoms with Crippen molar-refractivity contribution in [2.75, 3.05) is 12.4 Å². The summed E-state index contributed by atoms with van der Waals surface area (Å²) in [5, 5.41) is 2.90. The van der Waals surface area contributed by atoms with Gasteiger partial charge in [0.15, 0.2) is 0 Å². The molecule has 1 aromatic carbocycles. The predicted octanol–water partition coefficient (Wildman–Crippen LogP) is 3.87. The van der Waals surface area contributed by atoms with Crippen molar-refractivity contribution in [1.29, 1.82) is 0 Å². The minimum Gasteiger partial charge on any atom is -0.388 e. The quantitative estimate of drug-likeness (QED) is 0.800. The molecule has 0 spiro atoms. The number of anilines is 1. The molecule has 15 heavy (non-hydrogen) atoms. The molecule has 0 bridgehead atoms. The largest absolute Gasteiger partial charge is 0.388 e. The van der Waals surface area contributed by atoms with Gasteiger partial charge in [-0.05, 0) is 18.1 Å². The third-order valence-corrected chi connectivity index (χ3v) is 2.26. The summed E-state index contributed by atoms with van der Waals surface area (Å²) >= 11 is 0. The van der Waals surface area contributed by atoms with E-state index < -0.39 is 5.92 Å². The van der Waals surface area contributed by atoms with Gasteiger partial charge in [0.2, 0.25) is 0 Å². The highest BCUT2D eigenvalue weighted by Gasteiger charge is 2.31. The van der Waals surface area contributed by atoms with Crippen molar-refractivity contribution in [3.8, 4) is 0 Å². The molecule has 0 heterocycles. The number of rotatable bonds is 4. The van der Waals surface area contributed by atoms with E-state index in [1.807, 2.05) is 0 Å². The van der Waals surface area contributed by atoms with Crippen LogP contribution in [0.5, 0.6) is 0 Å². The molecule has 0 fully saturated rings. The van der Waals surface area contributed by atoms with Crippen LogP contribution in [0.1, 0.15) is 25.8 Å². The van der Waals surface area contributed by atoms with Crippen LogP contribution in [0.3, 0.4) is 0 Å². The summed E-state index contributed by atoms with van der Waals surface area (Å²) in [5.41, 5.74) is 0.939. The fourth-order valence-corrected chi connectivity index (χ4v) is 1.51. The Kier molecular flexibility index (Phi) is 3.66. The number of nitrogens with one attached hydrogen (secondary N) is 1. The second kappa shape index (κ2) is 4.60. The Labute approximate surface area is 89.5 Å². The van der Waals surface area contributed by atoms with E-state index in [4.69, 9.17) is 0 Å². The van der Waals surface area contributed by atoms with Gasteiger partial charge in [0.1, 0.15) is 0 Å². The highest BCUT2D eigenvalue weighted by Crippen LogP contribution is 2.34. The van der Waals surface area contributed by atoms with Gasteiger partial charge in [-0.3, -0.25) is 0 Å². The molecule has 3 heteroatoms. The topological polar surface area (TPSA) is 12.0 Å². The molecule has 1 N–H and O–H groups in total.